The molecule has 0 N–H and O–H groups in total. The number of carbonyl (C=O) groups excluding carboxylic acids is 3. The van der Waals surface area contributed by atoms with Crippen molar-refractivity contribution in [2.24, 2.45) is 5.92 Å². The standard InChI is InChI=1S/C22H33N3O5/c1-7-29-20(27)17-10-11-18(23-15(17)2)19(26)25-12-8-9-16(14-25)13-24(6)21(28)30-22(3,4)5/h10-11,16H,7-9,12-14H2,1-6H3. The minimum atomic E-state index is -0.543. The summed E-state index contributed by atoms with van der Waals surface area (Å²) in [5, 5.41) is 0. The van der Waals surface area contributed by atoms with Gasteiger partial charge in [-0.25, -0.2) is 14.6 Å². The second-order valence-corrected chi connectivity index (χ2v) is 8.67. The van der Waals surface area contributed by atoms with Crippen LogP contribution in [0.5, 0.6) is 0 Å². The van der Waals surface area contributed by atoms with Crippen molar-refractivity contribution < 1.29 is 23.9 Å². The van der Waals surface area contributed by atoms with E-state index in [0.717, 1.165) is 12.8 Å². The Morgan fingerprint density at radius 3 is 2.57 bits per heavy atom. The van der Waals surface area contributed by atoms with Gasteiger partial charge in [0, 0.05) is 26.7 Å². The van der Waals surface area contributed by atoms with Crippen molar-refractivity contribution in [2.45, 2.75) is 53.1 Å². The van der Waals surface area contributed by atoms with Crippen molar-refractivity contribution in [3.63, 3.8) is 0 Å². The molecular weight excluding hydrogens is 386 g/mol. The molecule has 166 valence electrons. The second-order valence-electron chi connectivity index (χ2n) is 8.67. The lowest BCUT2D eigenvalue weighted by atomic mass is 9.97. The third kappa shape index (κ3) is 6.43. The number of amides is 2. The lowest BCUT2D eigenvalue weighted by Gasteiger charge is -2.35. The molecule has 0 aliphatic carbocycles. The molecule has 30 heavy (non-hydrogen) atoms. The first-order chi connectivity index (χ1) is 14.0. The number of rotatable bonds is 5. The number of hydrogen-bond acceptors (Lipinski definition) is 6. The molecule has 0 spiro atoms. The molecule has 1 unspecified atom stereocenters. The summed E-state index contributed by atoms with van der Waals surface area (Å²) in [6.07, 6.45) is 1.43. The van der Waals surface area contributed by atoms with Crippen LogP contribution in [-0.2, 0) is 9.47 Å². The first kappa shape index (κ1) is 23.6. The van der Waals surface area contributed by atoms with Gasteiger partial charge in [0.1, 0.15) is 11.3 Å². The van der Waals surface area contributed by atoms with Crippen molar-refractivity contribution in [3.8, 4) is 0 Å². The number of piperidine rings is 1. The zero-order valence-electron chi connectivity index (χ0n) is 18.9. The van der Waals surface area contributed by atoms with Crippen LogP contribution in [-0.4, -0.2) is 71.6 Å². The highest BCUT2D eigenvalue weighted by atomic mass is 16.6. The number of likely N-dealkylation sites (tertiary alicyclic amines) is 1. The van der Waals surface area contributed by atoms with E-state index >= 15 is 0 Å². The van der Waals surface area contributed by atoms with Crippen molar-refractivity contribution in [1.29, 1.82) is 0 Å². The highest BCUT2D eigenvalue weighted by molar-refractivity contribution is 5.95. The van der Waals surface area contributed by atoms with Crippen molar-refractivity contribution in [3.05, 3.63) is 29.1 Å². The molecule has 1 aliphatic heterocycles. The van der Waals surface area contributed by atoms with Crippen LogP contribution in [0.4, 0.5) is 4.79 Å². The fraction of sp³-hybridized carbons (Fsp3) is 0.636. The van der Waals surface area contributed by atoms with E-state index in [1.165, 1.54) is 0 Å². The van der Waals surface area contributed by atoms with Gasteiger partial charge in [-0.05, 0) is 65.5 Å². The van der Waals surface area contributed by atoms with Crippen LogP contribution in [0.1, 0.15) is 67.1 Å². The first-order valence-corrected chi connectivity index (χ1v) is 10.4. The van der Waals surface area contributed by atoms with Gasteiger partial charge in [-0.1, -0.05) is 0 Å². The lowest BCUT2D eigenvalue weighted by Crippen LogP contribution is -2.45. The van der Waals surface area contributed by atoms with Gasteiger partial charge in [0.15, 0.2) is 0 Å². The monoisotopic (exact) mass is 419 g/mol. The summed E-state index contributed by atoms with van der Waals surface area (Å²) in [5.74, 6) is -0.442. The Kier molecular flexibility index (Phi) is 7.81. The second kappa shape index (κ2) is 9.91. The average Bonchev–Trinajstić information content (AvgIpc) is 2.66. The van der Waals surface area contributed by atoms with E-state index in [1.54, 1.807) is 42.8 Å². The van der Waals surface area contributed by atoms with E-state index in [0.29, 0.717) is 36.6 Å². The molecule has 2 rings (SSSR count). The summed E-state index contributed by atoms with van der Waals surface area (Å²) in [6, 6.07) is 3.16. The van der Waals surface area contributed by atoms with Crippen LogP contribution in [0.3, 0.4) is 0 Å². The normalized spacial score (nSPS) is 16.7. The zero-order valence-corrected chi connectivity index (χ0v) is 18.9. The largest absolute Gasteiger partial charge is 0.462 e. The molecule has 1 fully saturated rings. The molecule has 1 aromatic heterocycles. The molecule has 0 bridgehead atoms. The minimum Gasteiger partial charge on any atom is -0.462 e. The summed E-state index contributed by atoms with van der Waals surface area (Å²) in [5.41, 5.74) is 0.599. The quantitative estimate of drug-likeness (QED) is 0.681. The van der Waals surface area contributed by atoms with E-state index in [4.69, 9.17) is 9.47 Å². The Bertz CT molecular complexity index is 787. The number of aryl methyl sites for hydroxylation is 1. The number of carbonyl (C=O) groups is 3. The van der Waals surface area contributed by atoms with Crippen LogP contribution < -0.4 is 0 Å². The van der Waals surface area contributed by atoms with Gasteiger partial charge >= 0.3 is 12.1 Å². The Balaban J connectivity index is 2.01. The average molecular weight is 420 g/mol. The highest BCUT2D eigenvalue weighted by Gasteiger charge is 2.28. The zero-order chi connectivity index (χ0) is 22.5. The maximum atomic E-state index is 13.0. The molecule has 1 saturated heterocycles. The fourth-order valence-corrected chi connectivity index (χ4v) is 3.47. The van der Waals surface area contributed by atoms with E-state index in [-0.39, 0.29) is 24.5 Å². The predicted octanol–water partition coefficient (Wildman–Crippen LogP) is 3.29. The maximum absolute atomic E-state index is 13.0. The van der Waals surface area contributed by atoms with Crippen LogP contribution >= 0.6 is 0 Å². The number of hydrogen-bond donors (Lipinski definition) is 0. The predicted molar refractivity (Wildman–Crippen MR) is 112 cm³/mol. The SMILES string of the molecule is CCOC(=O)c1ccc(C(=O)N2CCCC(CN(C)C(=O)OC(C)(C)C)C2)nc1C. The summed E-state index contributed by atoms with van der Waals surface area (Å²) >= 11 is 0. The number of aromatic nitrogens is 1. The molecule has 0 aromatic carbocycles. The minimum absolute atomic E-state index is 0.167. The molecule has 2 amide bonds. The van der Waals surface area contributed by atoms with Gasteiger partial charge in [-0.3, -0.25) is 4.79 Å². The van der Waals surface area contributed by atoms with E-state index in [2.05, 4.69) is 4.98 Å². The molecule has 0 saturated carbocycles. The molecule has 0 radical (unpaired) electrons. The smallest absolute Gasteiger partial charge is 0.410 e. The first-order valence-electron chi connectivity index (χ1n) is 10.4. The number of esters is 1. The van der Waals surface area contributed by atoms with Crippen LogP contribution in [0.2, 0.25) is 0 Å². The molecule has 8 nitrogen and oxygen atoms in total. The Hall–Kier alpha value is -2.64. The van der Waals surface area contributed by atoms with E-state index < -0.39 is 11.6 Å². The fourth-order valence-electron chi connectivity index (χ4n) is 3.47. The summed E-state index contributed by atoms with van der Waals surface area (Å²) in [4.78, 5) is 44.8. The van der Waals surface area contributed by atoms with Gasteiger partial charge in [0.05, 0.1) is 17.9 Å². The highest BCUT2D eigenvalue weighted by Crippen LogP contribution is 2.20. The number of pyridine rings is 1. The number of nitrogens with zero attached hydrogens (tertiary/aromatic N) is 3. The molecule has 2 heterocycles. The van der Waals surface area contributed by atoms with Gasteiger partial charge in [-0.2, -0.15) is 0 Å². The van der Waals surface area contributed by atoms with Crippen molar-refractivity contribution in [2.75, 3.05) is 33.3 Å². The molecule has 1 aliphatic rings. The van der Waals surface area contributed by atoms with Crippen LogP contribution in [0.15, 0.2) is 12.1 Å². The van der Waals surface area contributed by atoms with Gasteiger partial charge in [0.25, 0.3) is 5.91 Å². The maximum Gasteiger partial charge on any atom is 0.410 e. The Labute approximate surface area is 178 Å². The summed E-state index contributed by atoms with van der Waals surface area (Å²) in [6.45, 7) is 10.9. The van der Waals surface area contributed by atoms with Crippen LogP contribution in [0, 0.1) is 12.8 Å². The topological polar surface area (TPSA) is 89.0 Å². The Morgan fingerprint density at radius 1 is 1.27 bits per heavy atom. The van der Waals surface area contributed by atoms with E-state index in [1.807, 2.05) is 20.8 Å². The molecule has 8 heteroatoms. The van der Waals surface area contributed by atoms with Crippen molar-refractivity contribution >= 4 is 18.0 Å². The summed E-state index contributed by atoms with van der Waals surface area (Å²) < 4.78 is 10.4. The van der Waals surface area contributed by atoms with Gasteiger partial charge in [-0.15, -0.1) is 0 Å². The lowest BCUT2D eigenvalue weighted by molar-refractivity contribution is 0.0243. The van der Waals surface area contributed by atoms with Gasteiger partial charge < -0.3 is 19.3 Å². The molecule has 1 atom stereocenters. The number of ether oxygens (including phenoxy) is 2. The molecular formula is C22H33N3O5. The van der Waals surface area contributed by atoms with Crippen molar-refractivity contribution in [1.82, 2.24) is 14.8 Å². The summed E-state index contributed by atoms with van der Waals surface area (Å²) in [7, 11) is 1.72. The van der Waals surface area contributed by atoms with Gasteiger partial charge in [0.2, 0.25) is 0 Å². The molecule has 1 aromatic rings. The van der Waals surface area contributed by atoms with E-state index in [9.17, 15) is 14.4 Å². The third-order valence-electron chi connectivity index (χ3n) is 4.84. The Morgan fingerprint density at radius 2 is 1.97 bits per heavy atom. The van der Waals surface area contributed by atoms with Crippen LogP contribution in [0.25, 0.3) is 0 Å². The third-order valence-corrected chi connectivity index (χ3v) is 4.84.